The van der Waals surface area contributed by atoms with Crippen molar-refractivity contribution in [2.45, 2.75) is 13.1 Å². The third-order valence-electron chi connectivity index (χ3n) is 5.11. The third kappa shape index (κ3) is 5.08. The summed E-state index contributed by atoms with van der Waals surface area (Å²) in [7, 11) is 5.45. The van der Waals surface area contributed by atoms with E-state index in [1.807, 2.05) is 48.0 Å². The van der Waals surface area contributed by atoms with Crippen molar-refractivity contribution in [1.29, 1.82) is 0 Å². The number of nitrogens with zero attached hydrogens (tertiary/aromatic N) is 7. The fraction of sp³-hybridized carbons (Fsp3) is 0.611. The van der Waals surface area contributed by atoms with E-state index < -0.39 is 0 Å². The Morgan fingerprint density at radius 1 is 0.889 bits per heavy atom. The first-order valence-corrected chi connectivity index (χ1v) is 9.27. The number of methoxy groups -OCH3 is 1. The van der Waals surface area contributed by atoms with Crippen LogP contribution >= 0.6 is 0 Å². The molecule has 9 nitrogen and oxygen atoms in total. The summed E-state index contributed by atoms with van der Waals surface area (Å²) in [6, 6.07) is 0. The zero-order valence-electron chi connectivity index (χ0n) is 16.4. The van der Waals surface area contributed by atoms with Crippen LogP contribution in [-0.2, 0) is 31.9 Å². The first kappa shape index (κ1) is 19.4. The topological polar surface area (TPSA) is 71.7 Å². The van der Waals surface area contributed by atoms with Gasteiger partial charge >= 0.3 is 6.09 Å². The lowest BCUT2D eigenvalue weighted by Crippen LogP contribution is -2.40. The van der Waals surface area contributed by atoms with Gasteiger partial charge in [0.2, 0.25) is 0 Å². The van der Waals surface area contributed by atoms with Crippen molar-refractivity contribution in [3.05, 3.63) is 36.4 Å². The Labute approximate surface area is 160 Å². The van der Waals surface area contributed by atoms with Crippen LogP contribution in [0.4, 0.5) is 4.79 Å². The van der Waals surface area contributed by atoms with Gasteiger partial charge in [-0.1, -0.05) is 0 Å². The minimum absolute atomic E-state index is 0.272. The van der Waals surface area contributed by atoms with Gasteiger partial charge in [0.05, 0.1) is 20.2 Å². The van der Waals surface area contributed by atoms with E-state index in [1.54, 1.807) is 4.90 Å². The summed E-state index contributed by atoms with van der Waals surface area (Å²) in [5.41, 5.74) is 0. The second-order valence-electron chi connectivity index (χ2n) is 6.92. The summed E-state index contributed by atoms with van der Waals surface area (Å²) in [6.45, 7) is 6.21. The van der Waals surface area contributed by atoms with Crippen LogP contribution in [0.3, 0.4) is 0 Å². The summed E-state index contributed by atoms with van der Waals surface area (Å²) in [6.07, 6.45) is 7.28. The van der Waals surface area contributed by atoms with E-state index in [1.165, 1.54) is 7.11 Å². The highest BCUT2D eigenvalue weighted by atomic mass is 16.5. The Balaban J connectivity index is 1.71. The van der Waals surface area contributed by atoms with E-state index in [4.69, 9.17) is 4.74 Å². The Morgan fingerprint density at radius 2 is 1.33 bits per heavy atom. The van der Waals surface area contributed by atoms with Crippen LogP contribution in [0.25, 0.3) is 0 Å². The van der Waals surface area contributed by atoms with Gasteiger partial charge in [-0.25, -0.2) is 14.8 Å². The molecule has 1 amide bonds. The van der Waals surface area contributed by atoms with Crippen molar-refractivity contribution in [2.75, 3.05) is 46.4 Å². The van der Waals surface area contributed by atoms with Crippen LogP contribution in [0.5, 0.6) is 0 Å². The zero-order valence-corrected chi connectivity index (χ0v) is 16.4. The second kappa shape index (κ2) is 9.01. The van der Waals surface area contributed by atoms with E-state index >= 15 is 0 Å². The molecule has 0 aromatic carbocycles. The lowest BCUT2D eigenvalue weighted by molar-refractivity contribution is 0.116. The van der Waals surface area contributed by atoms with Gasteiger partial charge in [-0.3, -0.25) is 9.80 Å². The minimum atomic E-state index is -0.272. The molecule has 1 saturated heterocycles. The van der Waals surface area contributed by atoms with Crippen molar-refractivity contribution in [3.8, 4) is 0 Å². The van der Waals surface area contributed by atoms with Gasteiger partial charge < -0.3 is 18.8 Å². The van der Waals surface area contributed by atoms with Crippen LogP contribution in [0.2, 0.25) is 0 Å². The van der Waals surface area contributed by atoms with Gasteiger partial charge in [-0.2, -0.15) is 0 Å². The number of carbonyl (C=O) groups is 1. The van der Waals surface area contributed by atoms with Gasteiger partial charge in [0.25, 0.3) is 0 Å². The molecule has 3 heterocycles. The lowest BCUT2D eigenvalue weighted by Gasteiger charge is -2.25. The number of aromatic nitrogens is 4. The Bertz CT molecular complexity index is 687. The molecule has 0 bridgehead atoms. The molecule has 148 valence electrons. The predicted molar refractivity (Wildman–Crippen MR) is 101 cm³/mol. The Kier molecular flexibility index (Phi) is 6.46. The van der Waals surface area contributed by atoms with Crippen molar-refractivity contribution in [2.24, 2.45) is 14.1 Å². The molecule has 0 spiro atoms. The molecule has 0 N–H and O–H groups in total. The Hall–Kier alpha value is -2.39. The smallest absolute Gasteiger partial charge is 0.409 e. The molecule has 2 aromatic rings. The van der Waals surface area contributed by atoms with Crippen LogP contribution in [0.15, 0.2) is 24.8 Å². The average Bonchev–Trinajstić information content (AvgIpc) is 3.27. The van der Waals surface area contributed by atoms with E-state index in [9.17, 15) is 4.79 Å². The van der Waals surface area contributed by atoms with Crippen LogP contribution in [0, 0.1) is 0 Å². The third-order valence-corrected chi connectivity index (χ3v) is 5.11. The lowest BCUT2D eigenvalue weighted by atomic mass is 10.4. The normalized spacial score (nSPS) is 17.4. The molecule has 1 fully saturated rings. The summed E-state index contributed by atoms with van der Waals surface area (Å²) in [5, 5.41) is 0. The summed E-state index contributed by atoms with van der Waals surface area (Å²) >= 11 is 0. The molecule has 1 aliphatic rings. The number of amides is 1. The quantitative estimate of drug-likeness (QED) is 0.777. The maximum Gasteiger partial charge on any atom is 0.409 e. The summed E-state index contributed by atoms with van der Waals surface area (Å²) in [4.78, 5) is 27.5. The van der Waals surface area contributed by atoms with E-state index in [0.29, 0.717) is 13.1 Å². The number of aryl methyl sites for hydroxylation is 2. The van der Waals surface area contributed by atoms with Gasteiger partial charge in [0.1, 0.15) is 11.6 Å². The van der Waals surface area contributed by atoms with Crippen LogP contribution in [0.1, 0.15) is 11.6 Å². The highest BCUT2D eigenvalue weighted by molar-refractivity contribution is 5.67. The molecular formula is C18H29N7O2. The number of imidazole rings is 2. The van der Waals surface area contributed by atoms with Gasteiger partial charge in [0, 0.05) is 78.2 Å². The van der Waals surface area contributed by atoms with Gasteiger partial charge in [-0.05, 0) is 0 Å². The monoisotopic (exact) mass is 375 g/mol. The van der Waals surface area contributed by atoms with Crippen molar-refractivity contribution >= 4 is 6.09 Å². The molecule has 0 saturated carbocycles. The van der Waals surface area contributed by atoms with Gasteiger partial charge in [-0.15, -0.1) is 0 Å². The minimum Gasteiger partial charge on any atom is -0.453 e. The fourth-order valence-corrected chi connectivity index (χ4v) is 3.27. The fourth-order valence-electron chi connectivity index (χ4n) is 3.27. The molecule has 0 atom stereocenters. The number of hydrogen-bond acceptors (Lipinski definition) is 6. The number of carbonyl (C=O) groups excluding carboxylic acids is 1. The average molecular weight is 375 g/mol. The summed E-state index contributed by atoms with van der Waals surface area (Å²) < 4.78 is 9.04. The van der Waals surface area contributed by atoms with E-state index in [2.05, 4.69) is 19.8 Å². The van der Waals surface area contributed by atoms with Crippen molar-refractivity contribution in [3.63, 3.8) is 0 Å². The van der Waals surface area contributed by atoms with Crippen molar-refractivity contribution in [1.82, 2.24) is 33.8 Å². The molecule has 27 heavy (non-hydrogen) atoms. The van der Waals surface area contributed by atoms with Crippen LogP contribution < -0.4 is 0 Å². The van der Waals surface area contributed by atoms with Crippen molar-refractivity contribution < 1.29 is 9.53 Å². The van der Waals surface area contributed by atoms with Crippen LogP contribution in [-0.4, -0.2) is 86.3 Å². The highest BCUT2D eigenvalue weighted by Gasteiger charge is 2.21. The molecular weight excluding hydrogens is 346 g/mol. The Morgan fingerprint density at radius 3 is 1.70 bits per heavy atom. The molecule has 2 aromatic heterocycles. The maximum atomic E-state index is 12.1. The molecule has 9 heteroatoms. The standard InChI is InChI=1S/C18H29N7O2/c1-21-6-4-19-16(21)14-23-8-9-24(15-17-20-5-7-22(17)2)11-13-25(12-10-23)18(26)27-3/h4-7H,8-15H2,1-3H3. The largest absolute Gasteiger partial charge is 0.453 e. The first-order chi connectivity index (χ1) is 13.1. The molecule has 3 rings (SSSR count). The number of ether oxygens (including phenoxy) is 1. The van der Waals surface area contributed by atoms with E-state index in [-0.39, 0.29) is 6.09 Å². The second-order valence-corrected chi connectivity index (χ2v) is 6.92. The number of rotatable bonds is 4. The predicted octanol–water partition coefficient (Wildman–Crippen LogP) is 0.540. The van der Waals surface area contributed by atoms with E-state index in [0.717, 1.165) is 50.9 Å². The zero-order chi connectivity index (χ0) is 19.2. The highest BCUT2D eigenvalue weighted by Crippen LogP contribution is 2.08. The maximum absolute atomic E-state index is 12.1. The molecule has 0 aliphatic carbocycles. The summed E-state index contributed by atoms with van der Waals surface area (Å²) in [5.74, 6) is 2.05. The SMILES string of the molecule is COC(=O)N1CCN(Cc2nccn2C)CCN(Cc2nccn2C)CC1. The first-order valence-electron chi connectivity index (χ1n) is 9.27. The molecule has 1 aliphatic heterocycles. The van der Waals surface area contributed by atoms with Gasteiger partial charge in [0.15, 0.2) is 0 Å². The molecule has 0 radical (unpaired) electrons. The number of hydrogen-bond donors (Lipinski definition) is 0. The molecule has 0 unspecified atom stereocenters.